The average molecular weight is 157 g/mol. The van der Waals surface area contributed by atoms with Gasteiger partial charge in [-0.25, -0.2) is 0 Å². The Morgan fingerprint density at radius 2 is 1.25 bits per heavy atom. The van der Waals surface area contributed by atoms with Crippen molar-refractivity contribution in [3.8, 4) is 0 Å². The van der Waals surface area contributed by atoms with Crippen molar-refractivity contribution in [1.29, 1.82) is 0 Å². The van der Waals surface area contributed by atoms with Gasteiger partial charge in [0.25, 0.3) is 0 Å². The maximum atomic E-state index is 8.33. The fourth-order valence-electron chi connectivity index (χ4n) is 0. The zero-order chi connectivity index (χ0) is 5.58. The molecule has 0 saturated heterocycles. The standard InChI is InChI=1S/CH2O3.2Mg.H2OSi.2H/c2-1(3)4;;;1-2;;/h(H2,2,3,4);;;2H2;;/q;;+2;;;/p-2. The number of carbonyl (C=O) groups excluding carboxylic acids is 1. The van der Waals surface area contributed by atoms with Crippen molar-refractivity contribution in [2.24, 2.45) is 0 Å². The van der Waals surface area contributed by atoms with E-state index in [1.807, 2.05) is 0 Å². The summed E-state index contributed by atoms with van der Waals surface area (Å²) in [4.78, 5) is 8.33. The Hall–Kier alpha value is 0.819. The summed E-state index contributed by atoms with van der Waals surface area (Å²) < 4.78 is 8.28. The van der Waals surface area contributed by atoms with Crippen molar-refractivity contribution in [1.82, 2.24) is 0 Å². The van der Waals surface area contributed by atoms with Crippen LogP contribution in [0.15, 0.2) is 0 Å². The van der Waals surface area contributed by atoms with Crippen LogP contribution in [0.3, 0.4) is 0 Å². The average Bonchev–Trinajstić information content (AvgIpc) is 1.41. The Labute approximate surface area is 81.4 Å². The number of carboxylic acid groups (broad SMARTS) is 2. The van der Waals surface area contributed by atoms with E-state index < -0.39 is 6.16 Å². The van der Waals surface area contributed by atoms with Crippen LogP contribution in [-0.2, 0) is 4.46 Å². The van der Waals surface area contributed by atoms with E-state index in [9.17, 15) is 0 Å². The van der Waals surface area contributed by atoms with E-state index >= 15 is 0 Å². The van der Waals surface area contributed by atoms with Crippen molar-refractivity contribution in [2.75, 3.05) is 0 Å². The molecule has 0 aliphatic heterocycles. The molecular weight excluding hydrogens is 153 g/mol. The molecule has 0 spiro atoms. The molecule has 0 fully saturated rings. The minimum absolute atomic E-state index is 0. The summed E-state index contributed by atoms with van der Waals surface area (Å²) >= 11 is 0. The maximum absolute atomic E-state index is 8.33. The molecule has 0 atom stereocenters. The zero-order valence-corrected chi connectivity index (χ0v) is 6.38. The Morgan fingerprint density at radius 1 is 1.25 bits per heavy atom. The first-order valence-corrected chi connectivity index (χ1v) is 1.48. The van der Waals surface area contributed by atoms with E-state index in [1.54, 1.807) is 0 Å². The van der Waals surface area contributed by atoms with Gasteiger partial charge in [0, 0.05) is 0 Å². The molecule has 0 unspecified atom stereocenters. The third kappa shape index (κ3) is 344. The minimum Gasteiger partial charge on any atom is -0.652 e. The summed E-state index contributed by atoms with van der Waals surface area (Å²) in [7, 11) is 0.611. The van der Waals surface area contributed by atoms with Gasteiger partial charge in [-0.1, -0.05) is 0 Å². The van der Waals surface area contributed by atoms with Gasteiger partial charge in [0.05, 0.1) is 0 Å². The molecule has 4 nitrogen and oxygen atoms in total. The quantitative estimate of drug-likeness (QED) is 0.330. The van der Waals surface area contributed by atoms with Gasteiger partial charge in [0.15, 0.2) is 0 Å². The summed E-state index contributed by atoms with van der Waals surface area (Å²) in [6, 6.07) is 0. The Kier molecular flexibility index (Phi) is 72.3. The van der Waals surface area contributed by atoms with Crippen LogP contribution >= 0.6 is 0 Å². The van der Waals surface area contributed by atoms with Crippen LogP contribution in [0.25, 0.3) is 0 Å². The summed E-state index contributed by atoms with van der Waals surface area (Å²) in [5.41, 5.74) is 0. The second-order valence-electron chi connectivity index (χ2n) is 0.250. The smallest absolute Gasteiger partial charge is 0.652 e. The van der Waals surface area contributed by atoms with E-state index in [-0.39, 0.29) is 46.1 Å². The molecule has 0 saturated carbocycles. The number of hydrogen-bond acceptors (Lipinski definition) is 4. The monoisotopic (exact) mass is 156 g/mol. The van der Waals surface area contributed by atoms with Crippen LogP contribution in [0.1, 0.15) is 0 Å². The molecule has 0 rings (SSSR count). The molecule has 0 aromatic rings. The topological polar surface area (TPSA) is 80.3 Å². The summed E-state index contributed by atoms with van der Waals surface area (Å²) in [6.45, 7) is 0. The minimum atomic E-state index is -2.33. The van der Waals surface area contributed by atoms with E-state index in [1.165, 1.54) is 0 Å². The van der Waals surface area contributed by atoms with Gasteiger partial charge in [0.2, 0.25) is 10.1 Å². The third-order valence-electron chi connectivity index (χ3n) is 0. The van der Waals surface area contributed by atoms with Gasteiger partial charge in [-0.05, 0) is 6.16 Å². The van der Waals surface area contributed by atoms with Crippen molar-refractivity contribution in [3.05, 3.63) is 0 Å². The fraction of sp³-hybridized carbons (Fsp3) is 0. The predicted molar refractivity (Wildman–Crippen MR) is 28.9 cm³/mol. The van der Waals surface area contributed by atoms with Gasteiger partial charge in [0.1, 0.15) is 0 Å². The van der Waals surface area contributed by atoms with Crippen LogP contribution < -0.4 is 10.2 Å². The van der Waals surface area contributed by atoms with E-state index in [0.29, 0.717) is 10.1 Å². The first-order valence-electron chi connectivity index (χ1n) is 0.901. The second-order valence-corrected chi connectivity index (χ2v) is 0.250. The molecule has 0 bridgehead atoms. The summed E-state index contributed by atoms with van der Waals surface area (Å²) in [6.07, 6.45) is -2.33. The molecule has 0 radical (unpaired) electrons. The maximum Gasteiger partial charge on any atom is 2.00 e. The van der Waals surface area contributed by atoms with Gasteiger partial charge in [-0.15, -0.1) is 0 Å². The third-order valence-corrected chi connectivity index (χ3v) is 0. The van der Waals surface area contributed by atoms with Crippen molar-refractivity contribution in [2.45, 2.75) is 0 Å². The van der Waals surface area contributed by atoms with Gasteiger partial charge < -0.3 is 19.5 Å². The van der Waals surface area contributed by atoms with Crippen LogP contribution in [0.4, 0.5) is 4.79 Å². The van der Waals surface area contributed by atoms with Crippen LogP contribution in [0.2, 0.25) is 0 Å². The molecule has 0 aliphatic carbocycles. The summed E-state index contributed by atoms with van der Waals surface area (Å²) in [5, 5.41) is 16.7. The first kappa shape index (κ1) is 23.2. The van der Waals surface area contributed by atoms with Gasteiger partial charge >= 0.3 is 46.1 Å². The Balaban J connectivity index is -0.0000000183. The molecule has 0 aromatic carbocycles. The van der Waals surface area contributed by atoms with Crippen molar-refractivity contribution in [3.63, 3.8) is 0 Å². The van der Waals surface area contributed by atoms with Crippen LogP contribution in [0, 0.1) is 0 Å². The number of hydrogen-bond donors (Lipinski definition) is 0. The zero-order valence-electron chi connectivity index (χ0n) is 3.55. The fourth-order valence-corrected chi connectivity index (χ4v) is 0. The van der Waals surface area contributed by atoms with E-state index in [2.05, 4.69) is 0 Å². The van der Waals surface area contributed by atoms with Gasteiger partial charge in [-0.3, -0.25) is 0 Å². The van der Waals surface area contributed by atoms with Crippen LogP contribution in [-0.4, -0.2) is 62.4 Å². The van der Waals surface area contributed by atoms with Crippen molar-refractivity contribution >= 4 is 62.4 Å². The number of carbonyl (C=O) groups is 1. The molecule has 7 heteroatoms. The second kappa shape index (κ2) is 24.9. The molecule has 8 heavy (non-hydrogen) atoms. The van der Waals surface area contributed by atoms with Gasteiger partial charge in [-0.2, -0.15) is 0 Å². The van der Waals surface area contributed by atoms with Crippen molar-refractivity contribution < 1.29 is 19.5 Å². The van der Waals surface area contributed by atoms with E-state index in [4.69, 9.17) is 19.5 Å². The number of rotatable bonds is 0. The SMILES string of the molecule is O=C([O-])[O-].O=[SiH2].[Mg+2].[MgH2]. The normalized spacial score (nSPS) is 3.50. The Morgan fingerprint density at radius 3 is 1.25 bits per heavy atom. The molecule has 0 aromatic heterocycles. The molecular formula is CH4Mg2O4Si. The van der Waals surface area contributed by atoms with E-state index in [0.717, 1.165) is 0 Å². The largest absolute Gasteiger partial charge is 2.00 e. The Bertz CT molecular complexity index is 45.3. The molecule has 40 valence electrons. The first-order chi connectivity index (χ1) is 2.73. The molecule has 0 heterocycles. The summed E-state index contributed by atoms with van der Waals surface area (Å²) in [5.74, 6) is 0. The molecule has 0 N–H and O–H groups in total. The molecule has 0 aliphatic rings. The predicted octanol–water partition coefficient (Wildman–Crippen LogP) is -4.78. The van der Waals surface area contributed by atoms with Crippen LogP contribution in [0.5, 0.6) is 0 Å². The molecule has 0 amide bonds.